The Labute approximate surface area is 162 Å². The minimum Gasteiger partial charge on any atom is -0.455 e. The molecule has 1 aliphatic carbocycles. The lowest BCUT2D eigenvalue weighted by Gasteiger charge is -2.22. The molecule has 2 rings (SSSR count). The second-order valence-electron chi connectivity index (χ2n) is 8.76. The monoisotopic (exact) mass is 373 g/mol. The number of hydrogen-bond donors (Lipinski definition) is 0. The molecule has 0 bridgehead atoms. The van der Waals surface area contributed by atoms with Crippen LogP contribution in [0.4, 0.5) is 0 Å². The summed E-state index contributed by atoms with van der Waals surface area (Å²) in [6, 6.07) is 0. The highest BCUT2D eigenvalue weighted by atomic mass is 16.6. The van der Waals surface area contributed by atoms with Crippen LogP contribution in [-0.4, -0.2) is 27.7 Å². The lowest BCUT2D eigenvalue weighted by molar-refractivity contribution is 0.00501. The van der Waals surface area contributed by atoms with Crippen LogP contribution >= 0.6 is 0 Å². The molecule has 1 aromatic heterocycles. The maximum Gasteiger partial charge on any atom is 0.355 e. The molecule has 0 saturated carbocycles. The summed E-state index contributed by atoms with van der Waals surface area (Å²) in [6.07, 6.45) is 2.56. The number of aromatic nitrogens is 1. The van der Waals surface area contributed by atoms with Gasteiger partial charge in [-0.15, -0.1) is 11.8 Å². The molecule has 0 saturated heterocycles. The molecule has 1 heterocycles. The van der Waals surface area contributed by atoms with Gasteiger partial charge in [0.1, 0.15) is 22.6 Å². The number of fused-ring (bicyclic) bond motifs is 1. The topological polar surface area (TPSA) is 57.5 Å². The molecule has 148 valence electrons. The fourth-order valence-corrected chi connectivity index (χ4v) is 3.25. The molecule has 0 fully saturated rings. The van der Waals surface area contributed by atoms with Crippen molar-refractivity contribution in [3.63, 3.8) is 0 Å². The largest absolute Gasteiger partial charge is 0.455 e. The average Bonchev–Trinajstić information content (AvgIpc) is 2.76. The number of hydrogen-bond acceptors (Lipinski definition) is 4. The average molecular weight is 373 g/mol. The van der Waals surface area contributed by atoms with Crippen LogP contribution in [0.5, 0.6) is 0 Å². The molecule has 0 spiro atoms. The van der Waals surface area contributed by atoms with Crippen molar-refractivity contribution in [3.05, 3.63) is 22.5 Å². The second kappa shape index (κ2) is 7.80. The normalized spacial score (nSPS) is 14.3. The molecule has 0 radical (unpaired) electrons. The number of carbonyl (C=O) groups is 2. The molecular weight excluding hydrogens is 342 g/mol. The summed E-state index contributed by atoms with van der Waals surface area (Å²) in [6.45, 7) is 13.5. The standard InChI is InChI=1S/C22H31NO4/c1-8-23-17(19(24)26-21(2,3)4)15-13-11-9-10-12-14-16(15)18(23)20(25)27-22(5,6)7/h8,11-14H2,1-7H3. The van der Waals surface area contributed by atoms with Crippen LogP contribution in [0, 0.1) is 11.8 Å². The van der Waals surface area contributed by atoms with Gasteiger partial charge in [-0.2, -0.15) is 0 Å². The van der Waals surface area contributed by atoms with Crippen molar-refractivity contribution < 1.29 is 19.1 Å². The second-order valence-corrected chi connectivity index (χ2v) is 8.76. The van der Waals surface area contributed by atoms with E-state index >= 15 is 0 Å². The van der Waals surface area contributed by atoms with E-state index in [-0.39, 0.29) is 0 Å². The summed E-state index contributed by atoms with van der Waals surface area (Å²) in [5, 5.41) is 0. The lowest BCUT2D eigenvalue weighted by atomic mass is 9.97. The van der Waals surface area contributed by atoms with E-state index < -0.39 is 23.1 Å². The molecule has 1 aromatic rings. The third-order valence-electron chi connectivity index (χ3n) is 4.10. The number of ether oxygens (including phenoxy) is 2. The Bertz CT molecular complexity index is 730. The van der Waals surface area contributed by atoms with Gasteiger partial charge in [-0.25, -0.2) is 9.59 Å². The Balaban J connectivity index is 2.64. The zero-order valence-electron chi connectivity index (χ0n) is 17.6. The first-order chi connectivity index (χ1) is 12.4. The van der Waals surface area contributed by atoms with E-state index in [9.17, 15) is 9.59 Å². The summed E-state index contributed by atoms with van der Waals surface area (Å²) in [4.78, 5) is 26.0. The van der Waals surface area contributed by atoms with Crippen molar-refractivity contribution in [2.45, 2.75) is 91.9 Å². The highest BCUT2D eigenvalue weighted by Crippen LogP contribution is 2.30. The Hall–Kier alpha value is -2.22. The first-order valence-corrected chi connectivity index (χ1v) is 9.61. The zero-order valence-corrected chi connectivity index (χ0v) is 17.6. The van der Waals surface area contributed by atoms with Crippen molar-refractivity contribution in [2.75, 3.05) is 0 Å². The Morgan fingerprint density at radius 1 is 0.852 bits per heavy atom. The van der Waals surface area contributed by atoms with Gasteiger partial charge in [0, 0.05) is 19.4 Å². The van der Waals surface area contributed by atoms with Gasteiger partial charge in [0.05, 0.1) is 0 Å². The van der Waals surface area contributed by atoms with Crippen LogP contribution in [0.25, 0.3) is 0 Å². The first kappa shape index (κ1) is 21.1. The predicted molar refractivity (Wildman–Crippen MR) is 105 cm³/mol. The zero-order chi connectivity index (χ0) is 20.4. The van der Waals surface area contributed by atoms with Crippen LogP contribution in [0.2, 0.25) is 0 Å². The Kier molecular flexibility index (Phi) is 6.09. The number of carbonyl (C=O) groups excluding carboxylic acids is 2. The maximum absolute atomic E-state index is 13.0. The van der Waals surface area contributed by atoms with E-state index in [1.807, 2.05) is 48.5 Å². The van der Waals surface area contributed by atoms with Crippen molar-refractivity contribution >= 4 is 11.9 Å². The smallest absolute Gasteiger partial charge is 0.355 e. The third kappa shape index (κ3) is 5.15. The highest BCUT2D eigenvalue weighted by molar-refractivity contribution is 5.97. The summed E-state index contributed by atoms with van der Waals surface area (Å²) >= 11 is 0. The van der Waals surface area contributed by atoms with Gasteiger partial charge >= 0.3 is 11.9 Å². The van der Waals surface area contributed by atoms with Crippen LogP contribution in [0.1, 0.15) is 93.4 Å². The number of esters is 2. The van der Waals surface area contributed by atoms with Gasteiger partial charge in [-0.05, 0) is 72.4 Å². The summed E-state index contributed by atoms with van der Waals surface area (Å²) in [7, 11) is 0. The van der Waals surface area contributed by atoms with E-state index in [0.29, 0.717) is 43.6 Å². The van der Waals surface area contributed by atoms with E-state index in [1.54, 1.807) is 4.57 Å². The van der Waals surface area contributed by atoms with Crippen LogP contribution in [-0.2, 0) is 28.9 Å². The molecule has 0 aliphatic heterocycles. The van der Waals surface area contributed by atoms with Crippen molar-refractivity contribution in [3.8, 4) is 11.8 Å². The molecule has 5 heteroatoms. The Morgan fingerprint density at radius 3 is 1.52 bits per heavy atom. The summed E-state index contributed by atoms with van der Waals surface area (Å²) in [5.41, 5.74) is 1.46. The molecule has 0 atom stereocenters. The van der Waals surface area contributed by atoms with E-state index in [1.165, 1.54) is 0 Å². The van der Waals surface area contributed by atoms with Gasteiger partial charge < -0.3 is 14.0 Å². The van der Waals surface area contributed by atoms with Gasteiger partial charge in [0.15, 0.2) is 0 Å². The fraction of sp³-hybridized carbons (Fsp3) is 0.636. The highest BCUT2D eigenvalue weighted by Gasteiger charge is 2.33. The molecule has 1 aliphatic rings. The van der Waals surface area contributed by atoms with E-state index in [4.69, 9.17) is 9.47 Å². The summed E-state index contributed by atoms with van der Waals surface area (Å²) in [5.74, 6) is 5.46. The van der Waals surface area contributed by atoms with Gasteiger partial charge in [-0.1, -0.05) is 0 Å². The molecule has 5 nitrogen and oxygen atoms in total. The molecular formula is C22H31NO4. The Morgan fingerprint density at radius 2 is 1.22 bits per heavy atom. The van der Waals surface area contributed by atoms with Crippen molar-refractivity contribution in [1.29, 1.82) is 0 Å². The fourth-order valence-electron chi connectivity index (χ4n) is 3.25. The van der Waals surface area contributed by atoms with Crippen molar-refractivity contribution in [2.24, 2.45) is 0 Å². The van der Waals surface area contributed by atoms with Crippen LogP contribution in [0.3, 0.4) is 0 Å². The van der Waals surface area contributed by atoms with Crippen molar-refractivity contribution in [1.82, 2.24) is 4.57 Å². The van der Waals surface area contributed by atoms with Gasteiger partial charge in [0.2, 0.25) is 0 Å². The molecule has 27 heavy (non-hydrogen) atoms. The van der Waals surface area contributed by atoms with Crippen LogP contribution in [0.15, 0.2) is 0 Å². The molecule has 0 N–H and O–H groups in total. The maximum atomic E-state index is 13.0. The lowest BCUT2D eigenvalue weighted by Crippen LogP contribution is -2.28. The SMILES string of the molecule is CCn1c(C(=O)OC(C)(C)C)c2c(c1C(=O)OC(C)(C)C)CCC#CCC2. The number of rotatable bonds is 3. The molecule has 0 amide bonds. The van der Waals surface area contributed by atoms with Crippen LogP contribution < -0.4 is 0 Å². The first-order valence-electron chi connectivity index (χ1n) is 9.61. The van der Waals surface area contributed by atoms with E-state index in [2.05, 4.69) is 11.8 Å². The molecule has 0 unspecified atom stereocenters. The molecule has 0 aromatic carbocycles. The third-order valence-corrected chi connectivity index (χ3v) is 4.10. The number of nitrogens with zero attached hydrogens (tertiary/aromatic N) is 1. The minimum absolute atomic E-state index is 0.399. The van der Waals surface area contributed by atoms with E-state index in [0.717, 1.165) is 11.1 Å². The predicted octanol–water partition coefficient (Wildman–Crippen LogP) is 4.30. The minimum atomic E-state index is -0.611. The van der Waals surface area contributed by atoms with Gasteiger partial charge in [-0.3, -0.25) is 0 Å². The van der Waals surface area contributed by atoms with Gasteiger partial charge in [0.25, 0.3) is 0 Å². The summed E-state index contributed by atoms with van der Waals surface area (Å²) < 4.78 is 13.1. The quantitative estimate of drug-likeness (QED) is 0.585.